The second kappa shape index (κ2) is 3.62. The summed E-state index contributed by atoms with van der Waals surface area (Å²) in [6, 6.07) is 0. The first-order valence-corrected chi connectivity index (χ1v) is 5.62. The fourth-order valence-electron chi connectivity index (χ4n) is 1.22. The van der Waals surface area contributed by atoms with Crippen molar-refractivity contribution < 1.29 is 22.4 Å². The molecule has 0 bridgehead atoms. The van der Waals surface area contributed by atoms with Crippen molar-refractivity contribution in [3.05, 3.63) is 11.5 Å². The summed E-state index contributed by atoms with van der Waals surface area (Å²) in [7, 11) is -4.16. The molecule has 0 aromatic carbocycles. The van der Waals surface area contributed by atoms with Crippen molar-refractivity contribution in [3.63, 3.8) is 0 Å². The molecule has 14 heavy (non-hydrogen) atoms. The summed E-state index contributed by atoms with van der Waals surface area (Å²) in [5.74, 6) is -0.690. The maximum absolute atomic E-state index is 10.6. The van der Waals surface area contributed by atoms with Gasteiger partial charge in [-0.05, 0) is 13.8 Å². The van der Waals surface area contributed by atoms with Gasteiger partial charge >= 0.3 is 0 Å². The highest BCUT2D eigenvalue weighted by Gasteiger charge is 2.33. The van der Waals surface area contributed by atoms with Crippen molar-refractivity contribution in [3.8, 4) is 0 Å². The van der Waals surface area contributed by atoms with Crippen molar-refractivity contribution in [1.29, 1.82) is 0 Å². The van der Waals surface area contributed by atoms with Crippen molar-refractivity contribution >= 4 is 10.1 Å². The summed E-state index contributed by atoms with van der Waals surface area (Å²) in [6.45, 7) is 7.05. The number of hydrogen-bond donors (Lipinski definition) is 1. The van der Waals surface area contributed by atoms with Gasteiger partial charge in [-0.1, -0.05) is 6.58 Å². The Bertz CT molecular complexity index is 330. The van der Waals surface area contributed by atoms with Gasteiger partial charge in [0.25, 0.3) is 10.1 Å². The minimum absolute atomic E-state index is 0.0578. The molecule has 0 radical (unpaired) electrons. The van der Waals surface area contributed by atoms with E-state index in [0.29, 0.717) is 6.61 Å². The molecule has 0 unspecified atom stereocenters. The Morgan fingerprint density at radius 2 is 2.21 bits per heavy atom. The fourth-order valence-corrected chi connectivity index (χ4v) is 1.62. The maximum atomic E-state index is 10.6. The fraction of sp³-hybridized carbons (Fsp3) is 0.750. The molecule has 1 aliphatic heterocycles. The second-order valence-corrected chi connectivity index (χ2v) is 5.20. The third-order valence-electron chi connectivity index (χ3n) is 1.89. The van der Waals surface area contributed by atoms with Crippen LogP contribution in [0.3, 0.4) is 0 Å². The van der Waals surface area contributed by atoms with Gasteiger partial charge in [0.1, 0.15) is 0 Å². The lowest BCUT2D eigenvalue weighted by Gasteiger charge is -2.17. The monoisotopic (exact) mass is 222 g/mol. The van der Waals surface area contributed by atoms with Crippen LogP contribution in [-0.2, 0) is 19.6 Å². The van der Waals surface area contributed by atoms with Crippen LogP contribution in [-0.4, -0.2) is 31.5 Å². The van der Waals surface area contributed by atoms with Crippen LogP contribution in [0.25, 0.3) is 0 Å². The molecule has 82 valence electrons. The summed E-state index contributed by atoms with van der Waals surface area (Å²) in [6.07, 6.45) is -0.304. The zero-order valence-corrected chi connectivity index (χ0v) is 9.00. The minimum atomic E-state index is -4.16. The molecule has 1 saturated heterocycles. The van der Waals surface area contributed by atoms with Crippen LogP contribution in [0.2, 0.25) is 0 Å². The Balaban J connectivity index is 2.53. The first kappa shape index (κ1) is 11.6. The van der Waals surface area contributed by atoms with Gasteiger partial charge in [0.2, 0.25) is 0 Å². The average molecular weight is 222 g/mol. The van der Waals surface area contributed by atoms with Crippen molar-refractivity contribution in [1.82, 2.24) is 0 Å². The van der Waals surface area contributed by atoms with Gasteiger partial charge in [0.15, 0.2) is 5.79 Å². The quantitative estimate of drug-likeness (QED) is 0.719. The van der Waals surface area contributed by atoms with Crippen LogP contribution < -0.4 is 0 Å². The van der Waals surface area contributed by atoms with Crippen LogP contribution in [0.1, 0.15) is 20.3 Å². The molecule has 0 amide bonds. The molecule has 1 aliphatic rings. The Morgan fingerprint density at radius 3 is 2.57 bits per heavy atom. The van der Waals surface area contributed by atoms with E-state index in [-0.39, 0.29) is 17.4 Å². The van der Waals surface area contributed by atoms with Gasteiger partial charge < -0.3 is 9.47 Å². The third kappa shape index (κ3) is 3.06. The Hall–Kier alpha value is -0.430. The number of ether oxygens (including phenoxy) is 2. The van der Waals surface area contributed by atoms with E-state index in [9.17, 15) is 8.42 Å². The van der Waals surface area contributed by atoms with Gasteiger partial charge in [-0.2, -0.15) is 8.42 Å². The average Bonchev–Trinajstić information content (AvgIpc) is 2.28. The maximum Gasteiger partial charge on any atom is 0.290 e. The molecular formula is C8H14O5S. The Kier molecular flexibility index (Phi) is 3.01. The molecule has 5 nitrogen and oxygen atoms in total. The lowest BCUT2D eigenvalue weighted by molar-refractivity contribution is -0.137. The van der Waals surface area contributed by atoms with E-state index < -0.39 is 15.9 Å². The van der Waals surface area contributed by atoms with Crippen LogP contribution in [0.5, 0.6) is 0 Å². The summed E-state index contributed by atoms with van der Waals surface area (Å²) < 4.78 is 40.5. The van der Waals surface area contributed by atoms with Crippen molar-refractivity contribution in [2.75, 3.05) is 6.61 Å². The van der Waals surface area contributed by atoms with Crippen molar-refractivity contribution in [2.45, 2.75) is 32.2 Å². The lowest BCUT2D eigenvalue weighted by Crippen LogP contribution is -2.22. The zero-order valence-electron chi connectivity index (χ0n) is 8.19. The second-order valence-electron chi connectivity index (χ2n) is 3.67. The largest absolute Gasteiger partial charge is 0.348 e. The van der Waals surface area contributed by atoms with Crippen LogP contribution in [0.4, 0.5) is 0 Å². The highest BCUT2D eigenvalue weighted by atomic mass is 32.2. The molecule has 0 aromatic rings. The lowest BCUT2D eigenvalue weighted by atomic mass is 10.3. The first-order chi connectivity index (χ1) is 6.21. The predicted octanol–water partition coefficient (Wildman–Crippen LogP) is 0.929. The normalized spacial score (nSPS) is 26.4. The van der Waals surface area contributed by atoms with E-state index in [1.165, 1.54) is 0 Å². The Labute approximate surface area is 83.5 Å². The molecule has 0 spiro atoms. The minimum Gasteiger partial charge on any atom is -0.348 e. The molecule has 1 fully saturated rings. The molecule has 1 atom stereocenters. The highest BCUT2D eigenvalue weighted by molar-refractivity contribution is 7.89. The van der Waals surface area contributed by atoms with E-state index in [1.807, 2.05) is 0 Å². The Morgan fingerprint density at radius 1 is 1.64 bits per heavy atom. The van der Waals surface area contributed by atoms with Gasteiger partial charge in [-0.3, -0.25) is 4.55 Å². The standard InChI is InChI=1S/C8H14O5S/c1-6(14(9,10)11)4-7-5-12-8(2,3)13-7/h7H,1,4-5H2,2-3H3,(H,9,10,11)/t7-/m1/s1. The topological polar surface area (TPSA) is 72.8 Å². The smallest absolute Gasteiger partial charge is 0.290 e. The van der Waals surface area contributed by atoms with Gasteiger partial charge in [-0.25, -0.2) is 0 Å². The van der Waals surface area contributed by atoms with E-state index in [1.54, 1.807) is 13.8 Å². The first-order valence-electron chi connectivity index (χ1n) is 4.18. The molecular weight excluding hydrogens is 208 g/mol. The molecule has 0 saturated carbocycles. The predicted molar refractivity (Wildman–Crippen MR) is 50.2 cm³/mol. The van der Waals surface area contributed by atoms with Crippen LogP contribution in [0.15, 0.2) is 11.5 Å². The van der Waals surface area contributed by atoms with E-state index >= 15 is 0 Å². The third-order valence-corrected chi connectivity index (χ3v) is 2.78. The summed E-state index contributed by atoms with van der Waals surface area (Å²) in [4.78, 5) is -0.246. The molecule has 1 heterocycles. The number of rotatable bonds is 3. The van der Waals surface area contributed by atoms with Gasteiger partial charge in [0, 0.05) is 6.42 Å². The highest BCUT2D eigenvalue weighted by Crippen LogP contribution is 2.26. The zero-order chi connectivity index (χ0) is 11.0. The van der Waals surface area contributed by atoms with E-state index in [2.05, 4.69) is 6.58 Å². The molecule has 1 N–H and O–H groups in total. The number of hydrogen-bond acceptors (Lipinski definition) is 4. The SMILES string of the molecule is C=C(C[C@@H]1COC(C)(C)O1)S(=O)(=O)O. The van der Waals surface area contributed by atoms with E-state index in [4.69, 9.17) is 14.0 Å². The molecule has 1 rings (SSSR count). The molecule has 0 aliphatic carbocycles. The van der Waals surface area contributed by atoms with Gasteiger partial charge in [-0.15, -0.1) is 0 Å². The van der Waals surface area contributed by atoms with Crippen LogP contribution >= 0.6 is 0 Å². The summed E-state index contributed by atoms with van der Waals surface area (Å²) in [5, 5.41) is 0. The summed E-state index contributed by atoms with van der Waals surface area (Å²) >= 11 is 0. The van der Waals surface area contributed by atoms with Crippen molar-refractivity contribution in [2.24, 2.45) is 0 Å². The van der Waals surface area contributed by atoms with Crippen LogP contribution in [0, 0.1) is 0 Å². The summed E-state index contributed by atoms with van der Waals surface area (Å²) in [5.41, 5.74) is 0. The van der Waals surface area contributed by atoms with Gasteiger partial charge in [0.05, 0.1) is 17.6 Å². The van der Waals surface area contributed by atoms with E-state index in [0.717, 1.165) is 0 Å². The molecule has 6 heteroatoms. The molecule has 0 aromatic heterocycles.